The number of carbonyl (C=O) groups excluding carboxylic acids is 3. The van der Waals surface area contributed by atoms with Crippen LogP contribution >= 0.6 is 0 Å². The van der Waals surface area contributed by atoms with E-state index in [1.54, 1.807) is 0 Å². The van der Waals surface area contributed by atoms with Gasteiger partial charge in [-0.05, 0) is 12.3 Å². The molecule has 2 unspecified atom stereocenters. The number of hydrogen-bond donors (Lipinski definition) is 2. The molecule has 18 heavy (non-hydrogen) atoms. The number of amides is 3. The van der Waals surface area contributed by atoms with Gasteiger partial charge in [-0.15, -0.1) is 0 Å². The number of primary amides is 1. The average molecular weight is 257 g/mol. The standard InChI is InChI=1S/C11H19N3O4/c1-7(15)13-9-3-8(4-10(16)18-2)5-14(6-9)11(12)17/h8-9H,3-6H2,1-2H3,(H2,12,17)(H,13,15). The zero-order chi connectivity index (χ0) is 13.7. The molecule has 0 radical (unpaired) electrons. The molecule has 1 rings (SSSR count). The van der Waals surface area contributed by atoms with Gasteiger partial charge in [-0.2, -0.15) is 0 Å². The zero-order valence-corrected chi connectivity index (χ0v) is 10.6. The molecule has 7 heteroatoms. The normalized spacial score (nSPS) is 23.3. The van der Waals surface area contributed by atoms with Crippen LogP contribution in [0.4, 0.5) is 4.79 Å². The lowest BCUT2D eigenvalue weighted by Crippen LogP contribution is -2.53. The highest BCUT2D eigenvalue weighted by molar-refractivity contribution is 5.74. The Morgan fingerprint density at radius 3 is 2.56 bits per heavy atom. The van der Waals surface area contributed by atoms with Gasteiger partial charge in [0.2, 0.25) is 5.91 Å². The van der Waals surface area contributed by atoms with E-state index in [9.17, 15) is 14.4 Å². The van der Waals surface area contributed by atoms with E-state index in [4.69, 9.17) is 5.73 Å². The van der Waals surface area contributed by atoms with Crippen LogP contribution in [0.2, 0.25) is 0 Å². The van der Waals surface area contributed by atoms with Crippen LogP contribution in [0.1, 0.15) is 19.8 Å². The fraction of sp³-hybridized carbons (Fsp3) is 0.727. The summed E-state index contributed by atoms with van der Waals surface area (Å²) in [7, 11) is 1.32. The van der Waals surface area contributed by atoms with E-state index in [-0.39, 0.29) is 30.3 Å². The minimum atomic E-state index is -0.542. The summed E-state index contributed by atoms with van der Waals surface area (Å²) in [5.41, 5.74) is 5.24. The van der Waals surface area contributed by atoms with Crippen LogP contribution in [0.15, 0.2) is 0 Å². The lowest BCUT2D eigenvalue weighted by atomic mass is 9.91. The quantitative estimate of drug-likeness (QED) is 0.662. The van der Waals surface area contributed by atoms with Crippen LogP contribution in [0, 0.1) is 5.92 Å². The van der Waals surface area contributed by atoms with E-state index in [0.717, 1.165) is 0 Å². The van der Waals surface area contributed by atoms with Crippen molar-refractivity contribution >= 4 is 17.9 Å². The summed E-state index contributed by atoms with van der Waals surface area (Å²) >= 11 is 0. The second kappa shape index (κ2) is 6.23. The van der Waals surface area contributed by atoms with E-state index >= 15 is 0 Å². The summed E-state index contributed by atoms with van der Waals surface area (Å²) in [6, 6.07) is -0.710. The molecule has 0 saturated carbocycles. The Kier molecular flexibility index (Phi) is 4.94. The fourth-order valence-corrected chi connectivity index (χ4v) is 2.24. The number of carbonyl (C=O) groups is 3. The smallest absolute Gasteiger partial charge is 0.314 e. The first-order chi connectivity index (χ1) is 8.42. The first-order valence-corrected chi connectivity index (χ1v) is 5.80. The molecular weight excluding hydrogens is 238 g/mol. The molecule has 1 aliphatic heterocycles. The molecule has 1 aliphatic rings. The van der Waals surface area contributed by atoms with Gasteiger partial charge in [0.05, 0.1) is 13.5 Å². The summed E-state index contributed by atoms with van der Waals surface area (Å²) in [5, 5.41) is 2.75. The van der Waals surface area contributed by atoms with Gasteiger partial charge in [0.1, 0.15) is 0 Å². The number of nitrogens with zero attached hydrogens (tertiary/aromatic N) is 1. The van der Waals surface area contributed by atoms with Crippen LogP contribution in [0.25, 0.3) is 0 Å². The predicted molar refractivity (Wildman–Crippen MR) is 63.5 cm³/mol. The van der Waals surface area contributed by atoms with E-state index in [1.165, 1.54) is 18.9 Å². The number of urea groups is 1. The molecule has 0 aromatic rings. The van der Waals surface area contributed by atoms with Gasteiger partial charge in [-0.1, -0.05) is 0 Å². The maximum absolute atomic E-state index is 11.2. The van der Waals surface area contributed by atoms with Crippen molar-refractivity contribution in [3.63, 3.8) is 0 Å². The Morgan fingerprint density at radius 1 is 1.39 bits per heavy atom. The average Bonchev–Trinajstić information content (AvgIpc) is 2.27. The lowest BCUT2D eigenvalue weighted by Gasteiger charge is -2.36. The number of ether oxygens (including phenoxy) is 1. The zero-order valence-electron chi connectivity index (χ0n) is 10.6. The highest BCUT2D eigenvalue weighted by Crippen LogP contribution is 2.20. The maximum Gasteiger partial charge on any atom is 0.314 e. The first kappa shape index (κ1) is 14.3. The van der Waals surface area contributed by atoms with E-state index in [1.807, 2.05) is 0 Å². The van der Waals surface area contributed by atoms with Crippen molar-refractivity contribution in [3.8, 4) is 0 Å². The van der Waals surface area contributed by atoms with E-state index < -0.39 is 6.03 Å². The molecule has 1 heterocycles. The topological polar surface area (TPSA) is 102 Å². The third-order valence-electron chi connectivity index (χ3n) is 2.94. The molecule has 1 fully saturated rings. The van der Waals surface area contributed by atoms with E-state index in [0.29, 0.717) is 19.5 Å². The second-order valence-electron chi connectivity index (χ2n) is 4.52. The Morgan fingerprint density at radius 2 is 2.06 bits per heavy atom. The molecule has 0 aromatic heterocycles. The Balaban J connectivity index is 2.64. The van der Waals surface area contributed by atoms with Gasteiger partial charge < -0.3 is 20.7 Å². The Hall–Kier alpha value is -1.79. The number of likely N-dealkylation sites (tertiary alicyclic amines) is 1. The van der Waals surface area contributed by atoms with Crippen molar-refractivity contribution in [3.05, 3.63) is 0 Å². The van der Waals surface area contributed by atoms with Crippen molar-refractivity contribution in [2.24, 2.45) is 11.7 Å². The van der Waals surface area contributed by atoms with E-state index in [2.05, 4.69) is 10.1 Å². The molecule has 0 bridgehead atoms. The van der Waals surface area contributed by atoms with Crippen molar-refractivity contribution < 1.29 is 19.1 Å². The third kappa shape index (κ3) is 4.23. The minimum absolute atomic E-state index is 0.0458. The van der Waals surface area contributed by atoms with Gasteiger partial charge in [0.25, 0.3) is 0 Å². The van der Waals surface area contributed by atoms with Crippen molar-refractivity contribution in [2.45, 2.75) is 25.8 Å². The predicted octanol–water partition coefficient (Wildman–Crippen LogP) is -0.545. The minimum Gasteiger partial charge on any atom is -0.469 e. The lowest BCUT2D eigenvalue weighted by molar-refractivity contribution is -0.142. The maximum atomic E-state index is 11.2. The van der Waals surface area contributed by atoms with Gasteiger partial charge in [0, 0.05) is 26.1 Å². The highest BCUT2D eigenvalue weighted by Gasteiger charge is 2.30. The molecule has 0 spiro atoms. The molecule has 3 amide bonds. The summed E-state index contributed by atoms with van der Waals surface area (Å²) in [6.45, 7) is 2.21. The molecule has 0 aromatic carbocycles. The molecule has 1 saturated heterocycles. The molecule has 3 N–H and O–H groups in total. The Labute approximate surface area is 106 Å². The summed E-state index contributed by atoms with van der Waals surface area (Å²) in [6.07, 6.45) is 0.856. The summed E-state index contributed by atoms with van der Waals surface area (Å²) in [5.74, 6) is -0.536. The van der Waals surface area contributed by atoms with Gasteiger partial charge >= 0.3 is 12.0 Å². The molecular formula is C11H19N3O4. The van der Waals surface area contributed by atoms with Crippen molar-refractivity contribution in [2.75, 3.05) is 20.2 Å². The van der Waals surface area contributed by atoms with Crippen molar-refractivity contribution in [1.29, 1.82) is 0 Å². The largest absolute Gasteiger partial charge is 0.469 e. The molecule has 2 atom stereocenters. The number of nitrogens with one attached hydrogen (secondary N) is 1. The number of methoxy groups -OCH3 is 1. The number of piperidine rings is 1. The molecule has 7 nitrogen and oxygen atoms in total. The second-order valence-corrected chi connectivity index (χ2v) is 4.52. The number of rotatable bonds is 3. The number of esters is 1. The van der Waals surface area contributed by atoms with Gasteiger partial charge in [0.15, 0.2) is 0 Å². The number of nitrogens with two attached hydrogens (primary N) is 1. The molecule has 0 aliphatic carbocycles. The van der Waals surface area contributed by atoms with Gasteiger partial charge in [-0.3, -0.25) is 9.59 Å². The Bertz CT molecular complexity index is 345. The van der Waals surface area contributed by atoms with Crippen LogP contribution < -0.4 is 11.1 Å². The van der Waals surface area contributed by atoms with Crippen molar-refractivity contribution in [1.82, 2.24) is 10.2 Å². The van der Waals surface area contributed by atoms with Crippen LogP contribution in [-0.4, -0.2) is 49.0 Å². The monoisotopic (exact) mass is 257 g/mol. The number of hydrogen-bond acceptors (Lipinski definition) is 4. The third-order valence-corrected chi connectivity index (χ3v) is 2.94. The summed E-state index contributed by atoms with van der Waals surface area (Å²) in [4.78, 5) is 34.9. The molecule has 102 valence electrons. The van der Waals surface area contributed by atoms with Gasteiger partial charge in [-0.25, -0.2) is 4.79 Å². The fourth-order valence-electron chi connectivity index (χ4n) is 2.24. The SMILES string of the molecule is COC(=O)CC1CC(NC(C)=O)CN(C(N)=O)C1. The van der Waals surface area contributed by atoms with Crippen LogP contribution in [0.5, 0.6) is 0 Å². The first-order valence-electron chi connectivity index (χ1n) is 5.80. The van der Waals surface area contributed by atoms with Crippen LogP contribution in [0.3, 0.4) is 0 Å². The summed E-state index contributed by atoms with van der Waals surface area (Å²) < 4.78 is 4.60. The van der Waals surface area contributed by atoms with Crippen LogP contribution in [-0.2, 0) is 14.3 Å². The highest BCUT2D eigenvalue weighted by atomic mass is 16.5.